The van der Waals surface area contributed by atoms with E-state index in [0.717, 1.165) is 12.8 Å². The summed E-state index contributed by atoms with van der Waals surface area (Å²) in [6.07, 6.45) is 4.57. The summed E-state index contributed by atoms with van der Waals surface area (Å²) in [6, 6.07) is 3.06. The molecule has 1 aliphatic carbocycles. The summed E-state index contributed by atoms with van der Waals surface area (Å²) >= 11 is 0. The third-order valence-corrected chi connectivity index (χ3v) is 3.98. The topological polar surface area (TPSA) is 91.3 Å². The minimum atomic E-state index is -0.455. The van der Waals surface area contributed by atoms with Gasteiger partial charge in [-0.1, -0.05) is 12.8 Å². The Labute approximate surface area is 118 Å². The highest BCUT2D eigenvalue weighted by Crippen LogP contribution is 2.31. The van der Waals surface area contributed by atoms with Gasteiger partial charge >= 0.3 is 5.69 Å². The van der Waals surface area contributed by atoms with Gasteiger partial charge in [-0.05, 0) is 44.2 Å². The first-order valence-electron chi connectivity index (χ1n) is 7.06. The number of hydrogen-bond donors (Lipinski definition) is 1. The molecular formula is C14H21N3O3. The number of aryl methyl sites for hydroxylation is 1. The van der Waals surface area contributed by atoms with Crippen LogP contribution in [0.15, 0.2) is 12.1 Å². The van der Waals surface area contributed by atoms with Crippen LogP contribution in [0.4, 0.5) is 5.69 Å². The second kappa shape index (κ2) is 6.65. The smallest absolute Gasteiger partial charge is 0.330 e. The zero-order valence-electron chi connectivity index (χ0n) is 11.7. The normalized spacial score (nSPS) is 22.5. The molecule has 2 rings (SSSR count). The van der Waals surface area contributed by atoms with E-state index in [1.807, 2.05) is 0 Å². The van der Waals surface area contributed by atoms with Gasteiger partial charge in [-0.3, -0.25) is 10.1 Å². The summed E-state index contributed by atoms with van der Waals surface area (Å²) in [5.41, 5.74) is 6.42. The van der Waals surface area contributed by atoms with Crippen LogP contribution in [-0.2, 0) is 0 Å². The van der Waals surface area contributed by atoms with Gasteiger partial charge in [0.05, 0.1) is 11.5 Å². The largest absolute Gasteiger partial charge is 0.472 e. The van der Waals surface area contributed by atoms with Gasteiger partial charge < -0.3 is 10.5 Å². The number of nitrogens with two attached hydrogens (primary N) is 1. The van der Waals surface area contributed by atoms with E-state index in [4.69, 9.17) is 10.5 Å². The number of ether oxygens (including phenoxy) is 1. The predicted molar refractivity (Wildman–Crippen MR) is 75.6 cm³/mol. The fraction of sp³-hybridized carbons (Fsp3) is 0.643. The lowest BCUT2D eigenvalue weighted by Crippen LogP contribution is -2.31. The number of rotatable bonds is 5. The molecule has 0 aliphatic heterocycles. The molecule has 20 heavy (non-hydrogen) atoms. The fourth-order valence-corrected chi connectivity index (χ4v) is 2.77. The number of pyridine rings is 1. The molecule has 110 valence electrons. The van der Waals surface area contributed by atoms with E-state index >= 15 is 0 Å². The van der Waals surface area contributed by atoms with Crippen LogP contribution in [-0.4, -0.2) is 23.1 Å². The maximum Gasteiger partial charge on any atom is 0.330 e. The van der Waals surface area contributed by atoms with Gasteiger partial charge in [0.1, 0.15) is 0 Å². The Bertz CT molecular complexity index is 479. The highest BCUT2D eigenvalue weighted by atomic mass is 16.6. The van der Waals surface area contributed by atoms with Crippen molar-refractivity contribution in [1.82, 2.24) is 4.98 Å². The predicted octanol–water partition coefficient (Wildman–Crippen LogP) is 2.44. The van der Waals surface area contributed by atoms with Crippen molar-refractivity contribution in [2.75, 3.05) is 13.2 Å². The van der Waals surface area contributed by atoms with Crippen LogP contribution in [0.3, 0.4) is 0 Å². The molecule has 1 aromatic rings. The van der Waals surface area contributed by atoms with Crippen molar-refractivity contribution in [1.29, 1.82) is 0 Å². The molecule has 0 amide bonds. The molecule has 1 aromatic heterocycles. The van der Waals surface area contributed by atoms with Gasteiger partial charge in [-0.15, -0.1) is 0 Å². The molecule has 1 heterocycles. The number of aromatic nitrogens is 1. The first-order chi connectivity index (χ1) is 9.61. The summed E-state index contributed by atoms with van der Waals surface area (Å²) in [6.45, 7) is 2.90. The first-order valence-corrected chi connectivity index (χ1v) is 7.06. The van der Waals surface area contributed by atoms with Crippen LogP contribution in [0, 0.1) is 28.9 Å². The first kappa shape index (κ1) is 14.7. The molecule has 6 nitrogen and oxygen atoms in total. The van der Waals surface area contributed by atoms with Crippen molar-refractivity contribution in [3.63, 3.8) is 0 Å². The quantitative estimate of drug-likeness (QED) is 0.660. The summed E-state index contributed by atoms with van der Waals surface area (Å²) in [7, 11) is 0. The maximum absolute atomic E-state index is 11.0. The Morgan fingerprint density at radius 2 is 2.10 bits per heavy atom. The Morgan fingerprint density at radius 1 is 1.40 bits per heavy atom. The monoisotopic (exact) mass is 279 g/mol. The molecule has 1 saturated carbocycles. The van der Waals surface area contributed by atoms with Crippen LogP contribution in [0.25, 0.3) is 0 Å². The Morgan fingerprint density at radius 3 is 2.75 bits per heavy atom. The molecule has 0 saturated heterocycles. The molecule has 2 N–H and O–H groups in total. The summed E-state index contributed by atoms with van der Waals surface area (Å²) < 4.78 is 5.64. The van der Waals surface area contributed by atoms with Gasteiger partial charge in [0, 0.05) is 11.8 Å². The standard InChI is InChI=1S/C14H21N3O3/c1-10-6-7-13(17(18)19)14(16-10)20-9-12-5-3-2-4-11(12)8-15/h6-7,11-12H,2-5,8-9,15H2,1H3. The number of nitrogens with zero attached hydrogens (tertiary/aromatic N) is 2. The third kappa shape index (κ3) is 3.45. The van der Waals surface area contributed by atoms with Crippen molar-refractivity contribution < 1.29 is 9.66 Å². The minimum absolute atomic E-state index is 0.0734. The molecule has 2 atom stereocenters. The summed E-state index contributed by atoms with van der Waals surface area (Å²) in [5, 5.41) is 11.0. The fourth-order valence-electron chi connectivity index (χ4n) is 2.77. The van der Waals surface area contributed by atoms with Crippen molar-refractivity contribution in [2.24, 2.45) is 17.6 Å². The van der Waals surface area contributed by atoms with E-state index < -0.39 is 4.92 Å². The van der Waals surface area contributed by atoms with E-state index in [0.29, 0.717) is 30.7 Å². The van der Waals surface area contributed by atoms with Crippen LogP contribution >= 0.6 is 0 Å². The van der Waals surface area contributed by atoms with Crippen LogP contribution in [0.5, 0.6) is 5.88 Å². The highest BCUT2D eigenvalue weighted by molar-refractivity contribution is 5.41. The molecule has 0 aromatic carbocycles. The average Bonchev–Trinajstić information content (AvgIpc) is 2.45. The number of hydrogen-bond acceptors (Lipinski definition) is 5. The second-order valence-corrected chi connectivity index (χ2v) is 5.39. The maximum atomic E-state index is 11.0. The van der Waals surface area contributed by atoms with E-state index in [1.54, 1.807) is 13.0 Å². The highest BCUT2D eigenvalue weighted by Gasteiger charge is 2.26. The van der Waals surface area contributed by atoms with Crippen LogP contribution < -0.4 is 10.5 Å². The Balaban J connectivity index is 2.06. The minimum Gasteiger partial charge on any atom is -0.472 e. The Hall–Kier alpha value is -1.69. The second-order valence-electron chi connectivity index (χ2n) is 5.39. The molecule has 0 radical (unpaired) electrons. The third-order valence-electron chi connectivity index (χ3n) is 3.98. The van der Waals surface area contributed by atoms with Gasteiger partial charge in [0.15, 0.2) is 0 Å². The molecule has 6 heteroatoms. The van der Waals surface area contributed by atoms with Crippen molar-refractivity contribution in [3.05, 3.63) is 27.9 Å². The molecule has 1 aliphatic rings. The molecule has 1 fully saturated rings. The van der Waals surface area contributed by atoms with Crippen molar-refractivity contribution in [2.45, 2.75) is 32.6 Å². The Kier molecular flexibility index (Phi) is 4.89. The molecular weight excluding hydrogens is 258 g/mol. The van der Waals surface area contributed by atoms with E-state index in [1.165, 1.54) is 18.9 Å². The van der Waals surface area contributed by atoms with E-state index in [9.17, 15) is 10.1 Å². The zero-order chi connectivity index (χ0) is 14.5. The molecule has 0 bridgehead atoms. The molecule has 2 unspecified atom stereocenters. The lowest BCUT2D eigenvalue weighted by molar-refractivity contribution is -0.386. The van der Waals surface area contributed by atoms with Crippen molar-refractivity contribution in [3.8, 4) is 5.88 Å². The summed E-state index contributed by atoms with van der Waals surface area (Å²) in [5.74, 6) is 0.944. The average molecular weight is 279 g/mol. The summed E-state index contributed by atoms with van der Waals surface area (Å²) in [4.78, 5) is 14.6. The lowest BCUT2D eigenvalue weighted by Gasteiger charge is -2.30. The van der Waals surface area contributed by atoms with Gasteiger partial charge in [0.25, 0.3) is 5.88 Å². The zero-order valence-corrected chi connectivity index (χ0v) is 11.7. The SMILES string of the molecule is Cc1ccc([N+](=O)[O-])c(OCC2CCCCC2CN)n1. The van der Waals surface area contributed by atoms with Gasteiger partial charge in [0.2, 0.25) is 0 Å². The lowest BCUT2D eigenvalue weighted by atomic mass is 9.80. The van der Waals surface area contributed by atoms with Crippen LogP contribution in [0.2, 0.25) is 0 Å². The number of nitro groups is 1. The molecule has 0 spiro atoms. The van der Waals surface area contributed by atoms with Crippen LogP contribution in [0.1, 0.15) is 31.4 Å². The van der Waals surface area contributed by atoms with E-state index in [2.05, 4.69) is 4.98 Å². The van der Waals surface area contributed by atoms with E-state index in [-0.39, 0.29) is 11.6 Å². The van der Waals surface area contributed by atoms with Crippen molar-refractivity contribution >= 4 is 5.69 Å². The van der Waals surface area contributed by atoms with Gasteiger partial charge in [-0.2, -0.15) is 0 Å². The van der Waals surface area contributed by atoms with Gasteiger partial charge in [-0.25, -0.2) is 4.98 Å².